The third-order valence-electron chi connectivity index (χ3n) is 4.24. The number of aromatic nitrogens is 1. The number of rotatable bonds is 2. The molecule has 4 aromatic rings. The summed E-state index contributed by atoms with van der Waals surface area (Å²) < 4.78 is 10.9. The fraction of sp³-hybridized carbons (Fsp3) is 0.190. The normalized spacial score (nSPS) is 12.7. The van der Waals surface area contributed by atoms with E-state index in [0.29, 0.717) is 0 Å². The SMILES string of the molecule is [2H]C(C)(C)c1ccnc(-c2cc(C)cc3c2sc2ccccc23)c1. The molecule has 0 amide bonds. The van der Waals surface area contributed by atoms with Crippen molar-refractivity contribution in [2.45, 2.75) is 26.7 Å². The molecule has 0 fully saturated rings. The van der Waals surface area contributed by atoms with Crippen LogP contribution >= 0.6 is 11.3 Å². The molecule has 1 nitrogen and oxygen atoms in total. The van der Waals surface area contributed by atoms with Gasteiger partial charge in [-0.1, -0.05) is 32.0 Å². The average Bonchev–Trinajstić information content (AvgIpc) is 2.92. The molecule has 114 valence electrons. The van der Waals surface area contributed by atoms with Gasteiger partial charge in [0.05, 0.1) is 5.69 Å². The molecule has 0 bridgehead atoms. The van der Waals surface area contributed by atoms with Crippen molar-refractivity contribution in [3.05, 3.63) is 65.9 Å². The minimum atomic E-state index is -0.624. The molecule has 0 saturated heterocycles. The molecule has 2 aromatic heterocycles. The molecule has 2 heteroatoms. The maximum Gasteiger partial charge on any atom is 0.0719 e. The van der Waals surface area contributed by atoms with E-state index in [-0.39, 0.29) is 0 Å². The van der Waals surface area contributed by atoms with Crippen molar-refractivity contribution < 1.29 is 1.37 Å². The van der Waals surface area contributed by atoms with E-state index in [1.165, 1.54) is 25.7 Å². The largest absolute Gasteiger partial charge is 0.256 e. The molecule has 0 unspecified atom stereocenters. The monoisotopic (exact) mass is 318 g/mol. The zero-order valence-electron chi connectivity index (χ0n) is 14.6. The first-order chi connectivity index (χ1) is 11.4. The van der Waals surface area contributed by atoms with Crippen LogP contribution in [0.1, 0.15) is 32.2 Å². The zero-order valence-corrected chi connectivity index (χ0v) is 14.4. The number of fused-ring (bicyclic) bond motifs is 3. The first-order valence-electron chi connectivity index (χ1n) is 8.32. The highest BCUT2D eigenvalue weighted by atomic mass is 32.1. The fourth-order valence-corrected chi connectivity index (χ4v) is 4.26. The van der Waals surface area contributed by atoms with Crippen LogP contribution in [-0.4, -0.2) is 4.98 Å². The topological polar surface area (TPSA) is 12.9 Å². The second kappa shape index (κ2) is 5.47. The van der Waals surface area contributed by atoms with Gasteiger partial charge in [-0.05, 0) is 54.3 Å². The van der Waals surface area contributed by atoms with Crippen LogP contribution in [0.4, 0.5) is 0 Å². The number of hydrogen-bond donors (Lipinski definition) is 0. The van der Waals surface area contributed by atoms with Gasteiger partial charge in [-0.15, -0.1) is 11.3 Å². The van der Waals surface area contributed by atoms with Gasteiger partial charge in [0.15, 0.2) is 0 Å². The summed E-state index contributed by atoms with van der Waals surface area (Å²) in [4.78, 5) is 4.61. The number of hydrogen-bond acceptors (Lipinski definition) is 2. The maximum atomic E-state index is 8.30. The number of nitrogens with zero attached hydrogens (tertiary/aromatic N) is 1. The highest BCUT2D eigenvalue weighted by molar-refractivity contribution is 7.26. The van der Waals surface area contributed by atoms with Crippen molar-refractivity contribution in [2.75, 3.05) is 0 Å². The Morgan fingerprint density at radius 1 is 1.04 bits per heavy atom. The first kappa shape index (κ1) is 13.3. The minimum Gasteiger partial charge on any atom is -0.256 e. The molecule has 0 spiro atoms. The average molecular weight is 318 g/mol. The Balaban J connectivity index is 2.03. The van der Waals surface area contributed by atoms with E-state index in [1.54, 1.807) is 0 Å². The third kappa shape index (κ3) is 2.43. The van der Waals surface area contributed by atoms with E-state index in [2.05, 4.69) is 54.4 Å². The van der Waals surface area contributed by atoms with E-state index < -0.39 is 5.89 Å². The van der Waals surface area contributed by atoms with Gasteiger partial charge in [0.25, 0.3) is 0 Å². The molecule has 0 N–H and O–H groups in total. The second-order valence-electron chi connectivity index (χ2n) is 6.22. The van der Waals surface area contributed by atoms with E-state index in [9.17, 15) is 0 Å². The molecular formula is C21H19NS. The van der Waals surface area contributed by atoms with Crippen LogP contribution in [0.2, 0.25) is 0 Å². The summed E-state index contributed by atoms with van der Waals surface area (Å²) in [6.07, 6.45) is 1.82. The van der Waals surface area contributed by atoms with Crippen LogP contribution in [0.15, 0.2) is 54.7 Å². The summed E-state index contributed by atoms with van der Waals surface area (Å²) >= 11 is 1.82. The van der Waals surface area contributed by atoms with Gasteiger partial charge in [0.1, 0.15) is 0 Å². The summed E-state index contributed by atoms with van der Waals surface area (Å²) in [6, 6.07) is 17.0. The Hall–Kier alpha value is -2.19. The lowest BCUT2D eigenvalue weighted by Gasteiger charge is -2.09. The Labute approximate surface area is 142 Å². The smallest absolute Gasteiger partial charge is 0.0719 e. The number of thiophene rings is 1. The zero-order chi connectivity index (χ0) is 16.9. The lowest BCUT2D eigenvalue weighted by molar-refractivity contribution is 0.864. The van der Waals surface area contributed by atoms with Gasteiger partial charge >= 0.3 is 0 Å². The Morgan fingerprint density at radius 2 is 1.87 bits per heavy atom. The third-order valence-corrected chi connectivity index (χ3v) is 5.46. The van der Waals surface area contributed by atoms with Gasteiger partial charge in [0, 0.05) is 33.3 Å². The van der Waals surface area contributed by atoms with Crippen LogP contribution in [0.3, 0.4) is 0 Å². The number of benzene rings is 2. The summed E-state index contributed by atoms with van der Waals surface area (Å²) in [6.45, 7) is 5.96. The highest BCUT2D eigenvalue weighted by Crippen LogP contribution is 2.40. The van der Waals surface area contributed by atoms with E-state index in [0.717, 1.165) is 16.8 Å². The van der Waals surface area contributed by atoms with E-state index in [4.69, 9.17) is 1.37 Å². The van der Waals surface area contributed by atoms with Crippen molar-refractivity contribution in [3.8, 4) is 11.3 Å². The van der Waals surface area contributed by atoms with Crippen molar-refractivity contribution in [2.24, 2.45) is 0 Å². The quantitative estimate of drug-likeness (QED) is 0.408. The Kier molecular flexibility index (Phi) is 3.15. The van der Waals surface area contributed by atoms with Gasteiger partial charge < -0.3 is 0 Å². The molecule has 2 aromatic carbocycles. The summed E-state index contributed by atoms with van der Waals surface area (Å²) in [7, 11) is 0. The van der Waals surface area contributed by atoms with Crippen LogP contribution in [0.5, 0.6) is 0 Å². The van der Waals surface area contributed by atoms with Gasteiger partial charge in [-0.2, -0.15) is 0 Å². The van der Waals surface area contributed by atoms with Crippen molar-refractivity contribution in [3.63, 3.8) is 0 Å². The molecule has 0 aliphatic carbocycles. The maximum absolute atomic E-state index is 8.30. The lowest BCUT2D eigenvalue weighted by Crippen LogP contribution is -1.91. The highest BCUT2D eigenvalue weighted by Gasteiger charge is 2.13. The van der Waals surface area contributed by atoms with Crippen molar-refractivity contribution >= 4 is 31.5 Å². The molecular weight excluding hydrogens is 298 g/mol. The van der Waals surface area contributed by atoms with E-state index >= 15 is 0 Å². The molecule has 4 rings (SSSR count). The lowest BCUT2D eigenvalue weighted by atomic mass is 9.99. The van der Waals surface area contributed by atoms with Gasteiger partial charge in [-0.25, -0.2) is 0 Å². The Morgan fingerprint density at radius 3 is 2.70 bits per heavy atom. The molecule has 0 atom stereocenters. The van der Waals surface area contributed by atoms with Crippen LogP contribution in [-0.2, 0) is 0 Å². The molecule has 0 radical (unpaired) electrons. The van der Waals surface area contributed by atoms with Crippen molar-refractivity contribution in [1.29, 1.82) is 0 Å². The second-order valence-corrected chi connectivity index (χ2v) is 7.27. The Bertz CT molecular complexity index is 1060. The molecule has 0 aliphatic heterocycles. The van der Waals surface area contributed by atoms with Crippen LogP contribution in [0.25, 0.3) is 31.4 Å². The standard InChI is InChI=1S/C21H19NS/c1-13(2)15-8-9-22-19(12-15)18-11-14(3)10-17-16-6-4-5-7-20(16)23-21(17)18/h4-13H,1-3H3/i13D. The van der Waals surface area contributed by atoms with Gasteiger partial charge in [0.2, 0.25) is 0 Å². The summed E-state index contributed by atoms with van der Waals surface area (Å²) in [5.41, 5.74) is 4.34. The first-order valence-corrected chi connectivity index (χ1v) is 8.64. The number of pyridine rings is 1. The molecule has 23 heavy (non-hydrogen) atoms. The minimum absolute atomic E-state index is 0.624. The molecule has 2 heterocycles. The van der Waals surface area contributed by atoms with Gasteiger partial charge in [-0.3, -0.25) is 4.98 Å². The predicted molar refractivity (Wildman–Crippen MR) is 101 cm³/mol. The number of aryl methyl sites for hydroxylation is 1. The van der Waals surface area contributed by atoms with Crippen LogP contribution < -0.4 is 0 Å². The summed E-state index contributed by atoms with van der Waals surface area (Å²) in [5, 5.41) is 2.60. The molecule has 0 aliphatic rings. The molecule has 0 saturated carbocycles. The predicted octanol–water partition coefficient (Wildman–Crippen LogP) is 6.55. The fourth-order valence-electron chi connectivity index (χ4n) is 3.05. The van der Waals surface area contributed by atoms with Crippen LogP contribution in [0, 0.1) is 6.92 Å². The summed E-state index contributed by atoms with van der Waals surface area (Å²) in [5.74, 6) is -0.624. The van der Waals surface area contributed by atoms with E-state index in [1.807, 2.05) is 37.4 Å². The van der Waals surface area contributed by atoms with Crippen molar-refractivity contribution in [1.82, 2.24) is 4.98 Å².